The van der Waals surface area contributed by atoms with Gasteiger partial charge in [0.2, 0.25) is 0 Å². The van der Waals surface area contributed by atoms with Crippen molar-refractivity contribution >= 4 is 13.8 Å². The maximum Gasteiger partial charge on any atom is 0.306 e. The lowest BCUT2D eigenvalue weighted by molar-refractivity contribution is -0.870. The molecule has 0 bridgehead atoms. The number of ether oxygens (including phenoxy) is 2. The minimum atomic E-state index is -4.55. The summed E-state index contributed by atoms with van der Waals surface area (Å²) < 4.78 is 34.4. The molecule has 0 aromatic heterocycles. The van der Waals surface area contributed by atoms with Crippen molar-refractivity contribution in [2.75, 3.05) is 54.1 Å². The first kappa shape index (κ1) is 52.7. The van der Waals surface area contributed by atoms with E-state index < -0.39 is 19.9 Å². The molecule has 316 valence electrons. The van der Waals surface area contributed by atoms with Gasteiger partial charge < -0.3 is 27.9 Å². The number of hydrogen-bond acceptors (Lipinski definition) is 7. The van der Waals surface area contributed by atoms with Crippen molar-refractivity contribution in [1.29, 1.82) is 0 Å². The van der Waals surface area contributed by atoms with Crippen molar-refractivity contribution < 1.29 is 37.3 Å². The van der Waals surface area contributed by atoms with Gasteiger partial charge in [-0.25, -0.2) is 0 Å². The Bertz CT molecular complexity index is 1150. The second-order valence-corrected chi connectivity index (χ2v) is 16.4. The number of allylic oxidation sites excluding steroid dienone is 14. The van der Waals surface area contributed by atoms with Gasteiger partial charge in [0.1, 0.15) is 19.3 Å². The van der Waals surface area contributed by atoms with Gasteiger partial charge in [-0.05, 0) is 77.0 Å². The van der Waals surface area contributed by atoms with E-state index in [9.17, 15) is 14.3 Å². The molecule has 0 N–H and O–H groups in total. The van der Waals surface area contributed by atoms with Crippen LogP contribution in [0.3, 0.4) is 0 Å². The molecule has 0 fully saturated rings. The van der Waals surface area contributed by atoms with E-state index in [-0.39, 0.29) is 26.2 Å². The maximum absolute atomic E-state index is 12.6. The Labute approximate surface area is 337 Å². The number of carbonyl (C=O) groups excluding carboxylic acids is 1. The number of nitrogens with zero attached hydrogens (tertiary/aromatic N) is 1. The van der Waals surface area contributed by atoms with Crippen LogP contribution in [0.15, 0.2) is 85.1 Å². The van der Waals surface area contributed by atoms with Gasteiger partial charge >= 0.3 is 5.97 Å². The van der Waals surface area contributed by atoms with Crippen molar-refractivity contribution in [1.82, 2.24) is 0 Å². The molecule has 0 aliphatic carbocycles. The van der Waals surface area contributed by atoms with Crippen LogP contribution in [0, 0.1) is 0 Å². The monoisotopic (exact) mass is 790 g/mol. The van der Waals surface area contributed by atoms with Gasteiger partial charge in [0.05, 0.1) is 34.4 Å². The van der Waals surface area contributed by atoms with Crippen LogP contribution in [0.5, 0.6) is 0 Å². The van der Waals surface area contributed by atoms with E-state index in [1.165, 1.54) is 51.4 Å². The van der Waals surface area contributed by atoms with Crippen molar-refractivity contribution in [2.24, 2.45) is 0 Å². The first-order valence-electron chi connectivity index (χ1n) is 21.3. The fourth-order valence-electron chi connectivity index (χ4n) is 5.15. The van der Waals surface area contributed by atoms with E-state index in [1.54, 1.807) is 0 Å². The van der Waals surface area contributed by atoms with Crippen molar-refractivity contribution in [3.8, 4) is 0 Å². The lowest BCUT2D eigenvalue weighted by Gasteiger charge is -2.28. The molecule has 0 spiro atoms. The van der Waals surface area contributed by atoms with Gasteiger partial charge in [-0.1, -0.05) is 144 Å². The average Bonchev–Trinajstić information content (AvgIpc) is 3.13. The predicted molar refractivity (Wildman–Crippen MR) is 231 cm³/mol. The van der Waals surface area contributed by atoms with Gasteiger partial charge in [-0.2, -0.15) is 0 Å². The van der Waals surface area contributed by atoms with Crippen molar-refractivity contribution in [3.05, 3.63) is 85.1 Å². The zero-order valence-corrected chi connectivity index (χ0v) is 36.5. The summed E-state index contributed by atoms with van der Waals surface area (Å²) in [5.41, 5.74) is 0. The summed E-state index contributed by atoms with van der Waals surface area (Å²) in [7, 11) is 1.29. The molecule has 0 rings (SSSR count). The Kier molecular flexibility index (Phi) is 36.9. The zero-order valence-electron chi connectivity index (χ0n) is 35.6. The van der Waals surface area contributed by atoms with Gasteiger partial charge in [-0.3, -0.25) is 9.36 Å². The number of quaternary nitrogens is 1. The smallest absolute Gasteiger partial charge is 0.306 e. The molecule has 0 heterocycles. The van der Waals surface area contributed by atoms with Gasteiger partial charge in [-0.15, -0.1) is 0 Å². The highest BCUT2D eigenvalue weighted by atomic mass is 31.2. The van der Waals surface area contributed by atoms with E-state index >= 15 is 0 Å². The van der Waals surface area contributed by atoms with Crippen molar-refractivity contribution in [3.63, 3.8) is 0 Å². The molecule has 2 unspecified atom stereocenters. The van der Waals surface area contributed by atoms with Gasteiger partial charge in [0, 0.05) is 13.0 Å². The number of carbonyl (C=O) groups is 1. The van der Waals surface area contributed by atoms with Crippen LogP contribution in [0.1, 0.15) is 142 Å². The predicted octanol–water partition coefficient (Wildman–Crippen LogP) is 11.9. The highest BCUT2D eigenvalue weighted by molar-refractivity contribution is 7.45. The maximum atomic E-state index is 12.6. The van der Waals surface area contributed by atoms with Crippen LogP contribution >= 0.6 is 7.82 Å². The third kappa shape index (κ3) is 42.7. The Morgan fingerprint density at radius 3 is 1.58 bits per heavy atom. The number of hydrogen-bond donors (Lipinski definition) is 0. The summed E-state index contributed by atoms with van der Waals surface area (Å²) in [4.78, 5) is 25.0. The molecule has 0 saturated carbocycles. The minimum Gasteiger partial charge on any atom is -0.756 e. The zero-order chi connectivity index (χ0) is 40.6. The highest BCUT2D eigenvalue weighted by Gasteiger charge is 2.20. The summed E-state index contributed by atoms with van der Waals surface area (Å²) in [6.07, 6.45) is 50.4. The fraction of sp³-hybridized carbons (Fsp3) is 0.674. The molecular weight excluding hydrogens is 709 g/mol. The molecule has 2 atom stereocenters. The summed E-state index contributed by atoms with van der Waals surface area (Å²) in [6.45, 7) is 5.11. The molecule has 0 aliphatic rings. The molecule has 0 aromatic rings. The molecule has 0 radical (unpaired) electrons. The van der Waals surface area contributed by atoms with E-state index in [0.717, 1.165) is 64.2 Å². The first-order chi connectivity index (χ1) is 26.6. The third-order valence-corrected chi connectivity index (χ3v) is 9.41. The number of rotatable bonds is 38. The van der Waals surface area contributed by atoms with Crippen LogP contribution in [0.4, 0.5) is 0 Å². The van der Waals surface area contributed by atoms with Crippen LogP contribution in [0.2, 0.25) is 0 Å². The lowest BCUT2D eigenvalue weighted by atomic mass is 10.1. The number of unbranched alkanes of at least 4 members (excludes halogenated alkanes) is 10. The van der Waals surface area contributed by atoms with Gasteiger partial charge in [0.25, 0.3) is 7.82 Å². The van der Waals surface area contributed by atoms with E-state index in [0.29, 0.717) is 24.1 Å². The number of phosphoric ester groups is 1. The normalized spacial score (nSPS) is 14.7. The Morgan fingerprint density at radius 1 is 0.582 bits per heavy atom. The highest BCUT2D eigenvalue weighted by Crippen LogP contribution is 2.38. The van der Waals surface area contributed by atoms with Crippen LogP contribution in [0.25, 0.3) is 0 Å². The molecular formula is C46H80NO7P. The first-order valence-corrected chi connectivity index (χ1v) is 22.8. The van der Waals surface area contributed by atoms with Crippen molar-refractivity contribution in [2.45, 2.75) is 148 Å². The molecule has 0 amide bonds. The molecule has 0 aromatic carbocycles. The van der Waals surface area contributed by atoms with Crippen LogP contribution in [-0.4, -0.2) is 70.7 Å². The summed E-state index contributed by atoms with van der Waals surface area (Å²) >= 11 is 0. The molecule has 0 saturated heterocycles. The SMILES string of the molecule is CC/C=C\C/C=C\C/C=C\C/C=C\CCC(=O)OC(COCCCCCCCCC/C=C\C/C=C\C/C=C\CCCCC)COP(=O)([O-])OCC[N+](C)(C)C. The molecule has 8 nitrogen and oxygen atoms in total. The third-order valence-electron chi connectivity index (χ3n) is 8.44. The molecule has 9 heteroatoms. The summed E-state index contributed by atoms with van der Waals surface area (Å²) in [5, 5.41) is 0. The summed E-state index contributed by atoms with van der Waals surface area (Å²) in [6, 6.07) is 0. The Hall–Kier alpha value is -2.32. The fourth-order valence-corrected chi connectivity index (χ4v) is 5.88. The summed E-state index contributed by atoms with van der Waals surface area (Å²) in [5.74, 6) is -0.421. The van der Waals surface area contributed by atoms with E-state index in [4.69, 9.17) is 18.5 Å². The number of esters is 1. The second-order valence-electron chi connectivity index (χ2n) is 15.0. The second kappa shape index (κ2) is 38.5. The topological polar surface area (TPSA) is 94.1 Å². The molecule has 0 aliphatic heterocycles. The quantitative estimate of drug-likeness (QED) is 0.0202. The number of phosphoric acid groups is 1. The lowest BCUT2D eigenvalue weighted by Crippen LogP contribution is -2.37. The Morgan fingerprint density at radius 2 is 1.05 bits per heavy atom. The van der Waals surface area contributed by atoms with Gasteiger partial charge in [0.15, 0.2) is 0 Å². The minimum absolute atomic E-state index is 0.00667. The average molecular weight is 790 g/mol. The van der Waals surface area contributed by atoms with Crippen LogP contribution in [-0.2, 0) is 27.9 Å². The number of likely N-dealkylation sites (N-methyl/N-ethyl adjacent to an activating group) is 1. The van der Waals surface area contributed by atoms with E-state index in [2.05, 4.69) is 86.8 Å². The van der Waals surface area contributed by atoms with E-state index in [1.807, 2.05) is 33.3 Å². The standard InChI is InChI=1S/C46H80NO7P/c1-6-8-10-12-14-16-18-20-21-22-23-24-25-26-28-30-32-34-36-38-41-51-43-45(44-53-55(49,50)52-42-40-47(3,4)5)54-46(48)39-37-35-33-31-29-27-19-17-15-13-11-9-7-2/h9,11,14-17,20-21,23-24,27,29,33,35,45H,6-8,10,12-13,18-19,22,25-26,28,30-32,34,36-44H2,1-5H3/b11-9-,16-14-,17-15-,21-20-,24-23-,29-27-,35-33-. The Balaban J connectivity index is 4.34. The molecule has 55 heavy (non-hydrogen) atoms. The largest absolute Gasteiger partial charge is 0.756 e. The van der Waals surface area contributed by atoms with Crippen LogP contribution < -0.4 is 4.89 Å².